The highest BCUT2D eigenvalue weighted by Gasteiger charge is 2.19. The molecule has 1 amide bonds. The number of nitrogens with zero attached hydrogens (tertiary/aromatic N) is 1. The first-order valence-corrected chi connectivity index (χ1v) is 7.41. The Morgan fingerprint density at radius 3 is 2.48 bits per heavy atom. The van der Waals surface area contributed by atoms with E-state index in [0.29, 0.717) is 16.8 Å². The highest BCUT2D eigenvalue weighted by atomic mass is 16.3. The third kappa shape index (κ3) is 2.90. The van der Waals surface area contributed by atoms with Gasteiger partial charge in [0.25, 0.3) is 5.91 Å². The lowest BCUT2D eigenvalue weighted by molar-refractivity contribution is 0.1000. The van der Waals surface area contributed by atoms with Gasteiger partial charge in [0.1, 0.15) is 11.2 Å². The Kier molecular flexibility index (Phi) is 3.56. The van der Waals surface area contributed by atoms with Crippen LogP contribution < -0.4 is 11.1 Å². The summed E-state index contributed by atoms with van der Waals surface area (Å²) in [7, 11) is 0. The number of carbonyl (C=O) groups is 1. The number of nitrogen functional groups attached to an aromatic ring is 1. The molecule has 3 N–H and O–H groups in total. The molecule has 0 unspecified atom stereocenters. The number of fused-ring (bicyclic) bond motifs is 1. The van der Waals surface area contributed by atoms with Crippen molar-refractivity contribution in [2.24, 2.45) is 0 Å². The maximum absolute atomic E-state index is 12.4. The molecule has 0 aliphatic carbocycles. The second-order valence-electron chi connectivity index (χ2n) is 6.48. The van der Waals surface area contributed by atoms with Gasteiger partial charge in [-0.15, -0.1) is 0 Å². The zero-order valence-electron chi connectivity index (χ0n) is 13.4. The van der Waals surface area contributed by atoms with Crippen molar-refractivity contribution in [1.82, 2.24) is 4.98 Å². The van der Waals surface area contributed by atoms with Gasteiger partial charge in [-0.25, -0.2) is 0 Å². The number of rotatable bonds is 2. The predicted octanol–water partition coefficient (Wildman–Crippen LogP) is 3.96. The molecule has 2 aromatic heterocycles. The van der Waals surface area contributed by atoms with E-state index in [4.69, 9.17) is 10.2 Å². The largest absolute Gasteiger partial charge is 0.447 e. The molecule has 5 heteroatoms. The molecule has 3 aromatic rings. The maximum Gasteiger partial charge on any atom is 0.293 e. The molecular weight excluding hydrogens is 290 g/mol. The lowest BCUT2D eigenvalue weighted by Gasteiger charge is -2.19. The average molecular weight is 309 g/mol. The first kappa shape index (κ1) is 15.1. The smallest absolute Gasteiger partial charge is 0.293 e. The third-order valence-corrected chi connectivity index (χ3v) is 3.70. The number of pyridine rings is 1. The fourth-order valence-electron chi connectivity index (χ4n) is 2.36. The number of carbonyl (C=O) groups excluding carboxylic acids is 1. The van der Waals surface area contributed by atoms with Crippen LogP contribution >= 0.6 is 0 Å². The summed E-state index contributed by atoms with van der Waals surface area (Å²) < 4.78 is 5.51. The summed E-state index contributed by atoms with van der Waals surface area (Å²) in [6, 6.07) is 11.2. The van der Waals surface area contributed by atoms with Crippen LogP contribution in [0.5, 0.6) is 0 Å². The van der Waals surface area contributed by atoms with Crippen LogP contribution in [-0.4, -0.2) is 10.9 Å². The molecular formula is C18H19N3O2. The Morgan fingerprint density at radius 1 is 1.17 bits per heavy atom. The normalized spacial score (nSPS) is 11.6. The van der Waals surface area contributed by atoms with Gasteiger partial charge in [0.05, 0.1) is 0 Å². The molecule has 0 aliphatic heterocycles. The Morgan fingerprint density at radius 2 is 1.87 bits per heavy atom. The van der Waals surface area contributed by atoms with Crippen LogP contribution in [0.15, 0.2) is 47.0 Å². The van der Waals surface area contributed by atoms with Crippen LogP contribution in [0, 0.1) is 0 Å². The van der Waals surface area contributed by atoms with Crippen LogP contribution in [0.3, 0.4) is 0 Å². The first-order valence-electron chi connectivity index (χ1n) is 7.41. The van der Waals surface area contributed by atoms with Crippen molar-refractivity contribution in [2.75, 3.05) is 11.1 Å². The highest BCUT2D eigenvalue weighted by molar-refractivity contribution is 6.10. The van der Waals surface area contributed by atoms with Gasteiger partial charge in [0.15, 0.2) is 5.58 Å². The fourth-order valence-corrected chi connectivity index (χ4v) is 2.36. The predicted molar refractivity (Wildman–Crippen MR) is 91.5 cm³/mol. The van der Waals surface area contributed by atoms with E-state index in [1.54, 1.807) is 18.3 Å². The molecule has 0 radical (unpaired) electrons. The van der Waals surface area contributed by atoms with Crippen molar-refractivity contribution in [3.8, 4) is 0 Å². The van der Waals surface area contributed by atoms with Crippen LogP contribution in [0.1, 0.15) is 36.9 Å². The molecule has 0 spiro atoms. The van der Waals surface area contributed by atoms with Gasteiger partial charge >= 0.3 is 0 Å². The monoisotopic (exact) mass is 309 g/mol. The molecule has 23 heavy (non-hydrogen) atoms. The van der Waals surface area contributed by atoms with Crippen LogP contribution in [0.25, 0.3) is 11.1 Å². The number of nitrogens with two attached hydrogens (primary N) is 1. The molecule has 0 fully saturated rings. The van der Waals surface area contributed by atoms with E-state index in [9.17, 15) is 4.79 Å². The molecule has 0 atom stereocenters. The van der Waals surface area contributed by atoms with Crippen molar-refractivity contribution in [2.45, 2.75) is 26.2 Å². The van der Waals surface area contributed by atoms with E-state index < -0.39 is 0 Å². The quantitative estimate of drug-likeness (QED) is 0.750. The van der Waals surface area contributed by atoms with Gasteiger partial charge in [-0.05, 0) is 35.2 Å². The summed E-state index contributed by atoms with van der Waals surface area (Å²) in [6.45, 7) is 6.42. The van der Waals surface area contributed by atoms with E-state index in [1.165, 1.54) is 5.56 Å². The van der Waals surface area contributed by atoms with E-state index >= 15 is 0 Å². The third-order valence-electron chi connectivity index (χ3n) is 3.70. The number of benzene rings is 1. The molecule has 0 saturated carbocycles. The molecule has 1 aromatic carbocycles. The summed E-state index contributed by atoms with van der Waals surface area (Å²) in [4.78, 5) is 16.5. The summed E-state index contributed by atoms with van der Waals surface area (Å²) >= 11 is 0. The molecule has 118 valence electrons. The van der Waals surface area contributed by atoms with Gasteiger partial charge in [0, 0.05) is 11.9 Å². The van der Waals surface area contributed by atoms with Crippen molar-refractivity contribution in [1.29, 1.82) is 0 Å². The van der Waals surface area contributed by atoms with Gasteiger partial charge in [-0.2, -0.15) is 0 Å². The number of furan rings is 1. The number of hydrogen-bond acceptors (Lipinski definition) is 4. The Hall–Kier alpha value is -2.82. The van der Waals surface area contributed by atoms with Gasteiger partial charge < -0.3 is 15.5 Å². The SMILES string of the molecule is CC(C)(C)c1ccc(NC(=O)c2oc3cccnc3c2N)cc1. The summed E-state index contributed by atoms with van der Waals surface area (Å²) in [5.41, 5.74) is 9.17. The van der Waals surface area contributed by atoms with Crippen LogP contribution in [-0.2, 0) is 5.41 Å². The highest BCUT2D eigenvalue weighted by Crippen LogP contribution is 2.27. The number of anilines is 2. The molecule has 0 bridgehead atoms. The number of hydrogen-bond donors (Lipinski definition) is 2. The first-order chi connectivity index (χ1) is 10.9. The maximum atomic E-state index is 12.4. The molecule has 3 rings (SSSR count). The zero-order valence-corrected chi connectivity index (χ0v) is 13.4. The van der Waals surface area contributed by atoms with Crippen molar-refractivity contribution >= 4 is 28.4 Å². The zero-order chi connectivity index (χ0) is 16.6. The van der Waals surface area contributed by atoms with Gasteiger partial charge in [-0.3, -0.25) is 9.78 Å². The standard InChI is InChI=1S/C18H19N3O2/c1-18(2,3)11-6-8-12(9-7-11)21-17(22)16-14(19)15-13(23-16)5-4-10-20-15/h4-10H,19H2,1-3H3,(H,21,22). The van der Waals surface area contributed by atoms with Crippen molar-refractivity contribution < 1.29 is 9.21 Å². The Balaban J connectivity index is 1.85. The van der Waals surface area contributed by atoms with Gasteiger partial charge in [0.2, 0.25) is 5.76 Å². The molecule has 0 aliphatic rings. The summed E-state index contributed by atoms with van der Waals surface area (Å²) in [5.74, 6) is -0.303. The lowest BCUT2D eigenvalue weighted by Crippen LogP contribution is -2.14. The van der Waals surface area contributed by atoms with E-state index in [1.807, 2.05) is 24.3 Å². The fraction of sp³-hybridized carbons (Fsp3) is 0.222. The minimum Gasteiger partial charge on any atom is -0.447 e. The minimum atomic E-state index is -0.385. The van der Waals surface area contributed by atoms with Gasteiger partial charge in [-0.1, -0.05) is 32.9 Å². The summed E-state index contributed by atoms with van der Waals surface area (Å²) in [5, 5.41) is 2.80. The second-order valence-corrected chi connectivity index (χ2v) is 6.48. The second kappa shape index (κ2) is 5.43. The molecule has 0 saturated heterocycles. The Labute approximate surface area is 134 Å². The number of nitrogens with one attached hydrogen (secondary N) is 1. The topological polar surface area (TPSA) is 81.2 Å². The van der Waals surface area contributed by atoms with E-state index in [2.05, 4.69) is 31.1 Å². The number of aromatic nitrogens is 1. The van der Waals surface area contributed by atoms with E-state index in [-0.39, 0.29) is 22.8 Å². The summed E-state index contributed by atoms with van der Waals surface area (Å²) in [6.07, 6.45) is 1.61. The minimum absolute atomic E-state index is 0.0668. The lowest BCUT2D eigenvalue weighted by atomic mass is 9.87. The van der Waals surface area contributed by atoms with Crippen molar-refractivity contribution in [3.63, 3.8) is 0 Å². The van der Waals surface area contributed by atoms with Crippen molar-refractivity contribution in [3.05, 3.63) is 53.9 Å². The van der Waals surface area contributed by atoms with E-state index in [0.717, 1.165) is 0 Å². The van der Waals surface area contributed by atoms with Crippen LogP contribution in [0.2, 0.25) is 0 Å². The van der Waals surface area contributed by atoms with Crippen LogP contribution in [0.4, 0.5) is 11.4 Å². The Bertz CT molecular complexity index is 858. The molecule has 5 nitrogen and oxygen atoms in total. The molecule has 2 heterocycles. The average Bonchev–Trinajstić information content (AvgIpc) is 2.85. The number of amides is 1.